The smallest absolute Gasteiger partial charge is 0.220 e. The first-order chi connectivity index (χ1) is 10.1. The summed E-state index contributed by atoms with van der Waals surface area (Å²) in [4.78, 5) is 14.3. The Balaban J connectivity index is 2.30. The quantitative estimate of drug-likeness (QED) is 0.621. The van der Waals surface area contributed by atoms with Gasteiger partial charge in [0.05, 0.1) is 0 Å². The molecular formula is C18H36N2O. The van der Waals surface area contributed by atoms with Gasteiger partial charge in [0, 0.05) is 13.0 Å². The summed E-state index contributed by atoms with van der Waals surface area (Å²) < 4.78 is 0. The van der Waals surface area contributed by atoms with E-state index in [1.807, 2.05) is 0 Å². The van der Waals surface area contributed by atoms with Crippen molar-refractivity contribution in [1.29, 1.82) is 0 Å². The lowest BCUT2D eigenvalue weighted by Crippen LogP contribution is -2.31. The first-order valence-electron chi connectivity index (χ1n) is 9.05. The van der Waals surface area contributed by atoms with Gasteiger partial charge >= 0.3 is 0 Å². The van der Waals surface area contributed by atoms with Crippen LogP contribution < -0.4 is 5.32 Å². The van der Waals surface area contributed by atoms with Gasteiger partial charge in [-0.15, -0.1) is 0 Å². The van der Waals surface area contributed by atoms with Gasteiger partial charge in [0.1, 0.15) is 0 Å². The number of rotatable bonds is 10. The molecular weight excluding hydrogens is 260 g/mol. The summed E-state index contributed by atoms with van der Waals surface area (Å²) in [6.45, 7) is 4.11. The molecule has 1 aliphatic rings. The lowest BCUT2D eigenvalue weighted by Gasteiger charge is -2.30. The minimum Gasteiger partial charge on any atom is -0.356 e. The molecule has 1 amide bonds. The molecule has 1 saturated carbocycles. The van der Waals surface area contributed by atoms with E-state index in [2.05, 4.69) is 31.2 Å². The van der Waals surface area contributed by atoms with E-state index >= 15 is 0 Å². The van der Waals surface area contributed by atoms with Crippen molar-refractivity contribution in [2.45, 2.75) is 71.1 Å². The largest absolute Gasteiger partial charge is 0.356 e. The summed E-state index contributed by atoms with van der Waals surface area (Å²) in [5.74, 6) is 1.71. The summed E-state index contributed by atoms with van der Waals surface area (Å²) in [6, 6.07) is 0. The molecule has 1 N–H and O–H groups in total. The van der Waals surface area contributed by atoms with Gasteiger partial charge < -0.3 is 10.2 Å². The van der Waals surface area contributed by atoms with E-state index < -0.39 is 0 Å². The summed E-state index contributed by atoms with van der Waals surface area (Å²) in [5, 5.41) is 3.12. The number of hydrogen-bond acceptors (Lipinski definition) is 2. The highest BCUT2D eigenvalue weighted by Gasteiger charge is 2.25. The molecule has 0 heterocycles. The summed E-state index contributed by atoms with van der Waals surface area (Å²) in [6.07, 6.45) is 12.4. The average molecular weight is 296 g/mol. The number of unbranched alkanes of at least 4 members (excludes halogenated alkanes) is 1. The highest BCUT2D eigenvalue weighted by atomic mass is 16.1. The molecule has 1 atom stereocenters. The van der Waals surface area contributed by atoms with Crippen molar-refractivity contribution in [3.8, 4) is 0 Å². The van der Waals surface area contributed by atoms with Crippen LogP contribution in [0.3, 0.4) is 0 Å². The van der Waals surface area contributed by atoms with E-state index in [-0.39, 0.29) is 5.91 Å². The van der Waals surface area contributed by atoms with E-state index in [0.29, 0.717) is 5.92 Å². The summed E-state index contributed by atoms with van der Waals surface area (Å²) in [7, 11) is 4.15. The van der Waals surface area contributed by atoms with Crippen molar-refractivity contribution in [2.24, 2.45) is 11.8 Å². The third-order valence-corrected chi connectivity index (χ3v) is 4.80. The van der Waals surface area contributed by atoms with Crippen LogP contribution in [0.1, 0.15) is 71.1 Å². The minimum atomic E-state index is 0.278. The number of amides is 1. The van der Waals surface area contributed by atoms with Crippen LogP contribution in [0, 0.1) is 11.8 Å². The van der Waals surface area contributed by atoms with E-state index in [1.54, 1.807) is 0 Å². The monoisotopic (exact) mass is 296 g/mol. The van der Waals surface area contributed by atoms with E-state index in [0.717, 1.165) is 31.8 Å². The molecule has 124 valence electrons. The molecule has 1 fully saturated rings. The molecule has 0 saturated heterocycles. The Hall–Kier alpha value is -0.570. The van der Waals surface area contributed by atoms with E-state index in [1.165, 1.54) is 51.4 Å². The minimum absolute atomic E-state index is 0.278. The molecule has 0 spiro atoms. The lowest BCUT2D eigenvalue weighted by molar-refractivity contribution is -0.122. The van der Waals surface area contributed by atoms with Gasteiger partial charge in [0.25, 0.3) is 0 Å². The fraction of sp³-hybridized carbons (Fsp3) is 0.944. The highest BCUT2D eigenvalue weighted by Crippen LogP contribution is 2.34. The number of nitrogens with one attached hydrogen (secondary N) is 1. The SMILES string of the molecule is CCCCC(CC(=O)NCCCN(C)C)C1CCCCC1. The highest BCUT2D eigenvalue weighted by molar-refractivity contribution is 5.76. The Morgan fingerprint density at radius 2 is 1.90 bits per heavy atom. The van der Waals surface area contributed by atoms with Crippen LogP contribution in [0.15, 0.2) is 0 Å². The average Bonchev–Trinajstić information content (AvgIpc) is 2.48. The molecule has 3 heteroatoms. The summed E-state index contributed by atoms with van der Waals surface area (Å²) in [5.41, 5.74) is 0. The zero-order chi connectivity index (χ0) is 15.5. The third kappa shape index (κ3) is 8.45. The molecule has 1 unspecified atom stereocenters. The second-order valence-corrected chi connectivity index (χ2v) is 7.01. The fourth-order valence-corrected chi connectivity index (χ4v) is 3.51. The van der Waals surface area contributed by atoms with Crippen molar-refractivity contribution in [3.63, 3.8) is 0 Å². The van der Waals surface area contributed by atoms with Gasteiger partial charge in [0.2, 0.25) is 5.91 Å². The van der Waals surface area contributed by atoms with Gasteiger partial charge in [-0.05, 0) is 45.3 Å². The Bertz CT molecular complexity index is 272. The first kappa shape index (κ1) is 18.5. The van der Waals surface area contributed by atoms with Gasteiger partial charge in [-0.1, -0.05) is 51.9 Å². The maximum atomic E-state index is 12.2. The third-order valence-electron chi connectivity index (χ3n) is 4.80. The zero-order valence-corrected chi connectivity index (χ0v) is 14.5. The molecule has 0 bridgehead atoms. The summed E-state index contributed by atoms with van der Waals surface area (Å²) >= 11 is 0. The van der Waals surface area contributed by atoms with Crippen LogP contribution in [0.25, 0.3) is 0 Å². The number of carbonyl (C=O) groups excluding carboxylic acids is 1. The maximum absolute atomic E-state index is 12.2. The van der Waals surface area contributed by atoms with Crippen molar-refractivity contribution < 1.29 is 4.79 Å². The second-order valence-electron chi connectivity index (χ2n) is 7.01. The van der Waals surface area contributed by atoms with Gasteiger partial charge in [-0.25, -0.2) is 0 Å². The Kier molecular flexibility index (Phi) is 9.73. The molecule has 0 aliphatic heterocycles. The predicted molar refractivity (Wildman–Crippen MR) is 90.4 cm³/mol. The van der Waals surface area contributed by atoms with Crippen LogP contribution >= 0.6 is 0 Å². The van der Waals surface area contributed by atoms with Crippen molar-refractivity contribution in [3.05, 3.63) is 0 Å². The Morgan fingerprint density at radius 1 is 1.19 bits per heavy atom. The fourth-order valence-electron chi connectivity index (χ4n) is 3.51. The van der Waals surface area contributed by atoms with Crippen molar-refractivity contribution in [1.82, 2.24) is 10.2 Å². The molecule has 3 nitrogen and oxygen atoms in total. The Labute approximate surface area is 131 Å². The molecule has 0 aromatic carbocycles. The van der Waals surface area contributed by atoms with Gasteiger partial charge in [0.15, 0.2) is 0 Å². The molecule has 0 aromatic rings. The van der Waals surface area contributed by atoms with Crippen molar-refractivity contribution >= 4 is 5.91 Å². The normalized spacial score (nSPS) is 17.9. The molecule has 0 radical (unpaired) electrons. The first-order valence-corrected chi connectivity index (χ1v) is 9.05. The lowest BCUT2D eigenvalue weighted by atomic mass is 9.76. The second kappa shape index (κ2) is 11.1. The van der Waals surface area contributed by atoms with E-state index in [9.17, 15) is 4.79 Å². The van der Waals surface area contributed by atoms with Crippen LogP contribution in [0.4, 0.5) is 0 Å². The van der Waals surface area contributed by atoms with Crippen LogP contribution in [0.5, 0.6) is 0 Å². The van der Waals surface area contributed by atoms with Gasteiger partial charge in [-0.3, -0.25) is 4.79 Å². The van der Waals surface area contributed by atoms with E-state index in [4.69, 9.17) is 0 Å². The van der Waals surface area contributed by atoms with Gasteiger partial charge in [-0.2, -0.15) is 0 Å². The van der Waals surface area contributed by atoms with Crippen LogP contribution in [-0.2, 0) is 4.79 Å². The molecule has 21 heavy (non-hydrogen) atoms. The standard InChI is InChI=1S/C18H36N2O/c1-4-5-10-17(16-11-7-6-8-12-16)15-18(21)19-13-9-14-20(2)3/h16-17H,4-15H2,1-3H3,(H,19,21). The molecule has 1 rings (SSSR count). The maximum Gasteiger partial charge on any atom is 0.220 e. The van der Waals surface area contributed by atoms with Crippen LogP contribution in [-0.4, -0.2) is 38.0 Å². The van der Waals surface area contributed by atoms with Crippen molar-refractivity contribution in [2.75, 3.05) is 27.2 Å². The number of hydrogen-bond donors (Lipinski definition) is 1. The Morgan fingerprint density at radius 3 is 2.52 bits per heavy atom. The number of nitrogens with zero attached hydrogens (tertiary/aromatic N) is 1. The predicted octanol–water partition coefficient (Wildman–Crippen LogP) is 3.83. The number of carbonyl (C=O) groups is 1. The van der Waals surface area contributed by atoms with Crippen LogP contribution in [0.2, 0.25) is 0 Å². The topological polar surface area (TPSA) is 32.3 Å². The molecule has 0 aromatic heterocycles. The zero-order valence-electron chi connectivity index (χ0n) is 14.5. The molecule has 1 aliphatic carbocycles.